The van der Waals surface area contributed by atoms with E-state index >= 15 is 4.39 Å². The van der Waals surface area contributed by atoms with Crippen molar-refractivity contribution >= 4 is 40.4 Å². The van der Waals surface area contributed by atoms with E-state index in [9.17, 15) is 13.2 Å². The molecular formula is C42H30BF4O3P. The molecular weight excluding hydrogens is 670 g/mol. The zero-order valence-corrected chi connectivity index (χ0v) is 28.0. The Morgan fingerprint density at radius 3 is 1.12 bits per heavy atom. The molecule has 3 nitrogen and oxygen atoms in total. The van der Waals surface area contributed by atoms with Crippen molar-refractivity contribution in [3.63, 3.8) is 0 Å². The number of halogens is 4. The van der Waals surface area contributed by atoms with Gasteiger partial charge in [-0.15, -0.1) is 0 Å². The maximum absolute atomic E-state index is 16.1. The number of rotatable bonds is 11. The summed E-state index contributed by atoms with van der Waals surface area (Å²) in [6, 6.07) is 50.4. The first-order chi connectivity index (χ1) is 24.9. The van der Waals surface area contributed by atoms with Crippen LogP contribution in [0.25, 0.3) is 0 Å². The molecule has 0 N–H and O–H groups in total. The molecule has 0 aliphatic carbocycles. The van der Waals surface area contributed by atoms with Gasteiger partial charge in [0.2, 0.25) is 0 Å². The van der Waals surface area contributed by atoms with Gasteiger partial charge in [-0.05, 0) is 0 Å². The van der Waals surface area contributed by atoms with Crippen LogP contribution in [0.1, 0.15) is 0 Å². The van der Waals surface area contributed by atoms with E-state index in [1.165, 1.54) is 78.9 Å². The summed E-state index contributed by atoms with van der Waals surface area (Å²) >= 11 is 0. The van der Waals surface area contributed by atoms with Crippen molar-refractivity contribution in [2.24, 2.45) is 0 Å². The van der Waals surface area contributed by atoms with Crippen LogP contribution in [0.5, 0.6) is 17.2 Å². The van der Waals surface area contributed by atoms with Gasteiger partial charge in [-0.3, -0.25) is 0 Å². The van der Waals surface area contributed by atoms with Gasteiger partial charge in [-0.1, -0.05) is 0 Å². The van der Waals surface area contributed by atoms with Crippen molar-refractivity contribution in [1.82, 2.24) is 0 Å². The summed E-state index contributed by atoms with van der Waals surface area (Å²) in [6.45, 7) is -4.39. The molecule has 0 unspecified atom stereocenters. The first kappa shape index (κ1) is 33.6. The van der Waals surface area contributed by atoms with Crippen molar-refractivity contribution in [1.29, 1.82) is 0 Å². The molecule has 0 spiro atoms. The first-order valence-corrected chi connectivity index (χ1v) is 18.4. The fraction of sp³-hybridized carbons (Fsp3) is 0. The van der Waals surface area contributed by atoms with Crippen molar-refractivity contribution in [2.75, 3.05) is 0 Å². The van der Waals surface area contributed by atoms with Gasteiger partial charge in [0.15, 0.2) is 0 Å². The van der Waals surface area contributed by atoms with E-state index in [0.29, 0.717) is 5.30 Å². The molecule has 0 radical (unpaired) electrons. The molecule has 7 aromatic carbocycles. The van der Waals surface area contributed by atoms with Crippen LogP contribution in [-0.4, -0.2) is 7.32 Å². The van der Waals surface area contributed by atoms with Crippen LogP contribution >= 0.6 is 6.60 Å². The summed E-state index contributed by atoms with van der Waals surface area (Å²) in [5, 5.41) is 3.67. The summed E-state index contributed by atoms with van der Waals surface area (Å²) in [6.07, 6.45) is 0. The van der Waals surface area contributed by atoms with Gasteiger partial charge in [0.1, 0.15) is 0 Å². The molecule has 0 heterocycles. The summed E-state index contributed by atoms with van der Waals surface area (Å²) in [5.74, 6) is -1.26. The minimum atomic E-state index is -4.39. The van der Waals surface area contributed by atoms with E-state index in [-0.39, 0.29) is 17.2 Å². The second kappa shape index (κ2) is 14.2. The molecule has 9 heteroatoms. The summed E-state index contributed by atoms with van der Waals surface area (Å²) in [4.78, 5) is 0. The van der Waals surface area contributed by atoms with E-state index < -0.39 is 37.2 Å². The predicted octanol–water partition coefficient (Wildman–Crippen LogP) is 8.25. The van der Waals surface area contributed by atoms with Gasteiger partial charge >= 0.3 is 294 Å². The van der Waals surface area contributed by atoms with Crippen molar-refractivity contribution in [2.45, 2.75) is 0 Å². The van der Waals surface area contributed by atoms with Crippen LogP contribution in [0, 0.1) is 23.3 Å². The van der Waals surface area contributed by atoms with Crippen LogP contribution in [0.2, 0.25) is 0 Å². The Kier molecular flexibility index (Phi) is 9.35. The SMILES string of the molecule is Fc1ccc(OB(Oc2ccc(F)cc2)Oc2ccc(F)cc2P(c2ccccc2)(c2ccccc2)(c2ccccc2)c2ccc(F)cc2)cc1. The second-order valence-electron chi connectivity index (χ2n) is 11.8. The van der Waals surface area contributed by atoms with Crippen molar-refractivity contribution in [3.05, 3.63) is 205 Å². The van der Waals surface area contributed by atoms with Gasteiger partial charge in [-0.2, -0.15) is 0 Å². The third-order valence-electron chi connectivity index (χ3n) is 8.88. The number of hydrogen-bond donors (Lipinski definition) is 0. The molecule has 252 valence electrons. The molecule has 0 amide bonds. The Morgan fingerprint density at radius 2 is 0.706 bits per heavy atom. The molecule has 0 atom stereocenters. The summed E-state index contributed by atoms with van der Waals surface area (Å²) in [7, 11) is -1.53. The van der Waals surface area contributed by atoms with Crippen LogP contribution in [0.3, 0.4) is 0 Å². The topological polar surface area (TPSA) is 27.7 Å². The van der Waals surface area contributed by atoms with Crippen LogP contribution < -0.4 is 40.5 Å². The predicted molar refractivity (Wildman–Crippen MR) is 198 cm³/mol. The molecule has 0 fully saturated rings. The number of hydrogen-bond acceptors (Lipinski definition) is 3. The van der Waals surface area contributed by atoms with Crippen LogP contribution in [0.15, 0.2) is 182 Å². The van der Waals surface area contributed by atoms with E-state index in [4.69, 9.17) is 14.0 Å². The van der Waals surface area contributed by atoms with Crippen molar-refractivity contribution in [3.8, 4) is 17.2 Å². The molecule has 0 bridgehead atoms. The fourth-order valence-electron chi connectivity index (χ4n) is 6.73. The minimum absolute atomic E-state index is 0.198. The van der Waals surface area contributed by atoms with Gasteiger partial charge in [-0.25, -0.2) is 0 Å². The Morgan fingerprint density at radius 1 is 0.353 bits per heavy atom. The molecule has 7 aromatic rings. The van der Waals surface area contributed by atoms with Crippen LogP contribution in [-0.2, 0) is 0 Å². The average molecular weight is 700 g/mol. The zero-order valence-electron chi connectivity index (χ0n) is 27.1. The standard InChI is InChI=1S/C42H30BF4O3P/c44-31-16-23-35(24-17-31)48-43(49-36-25-18-32(45)19-26-36)50-41-29-22-34(47)30-42(41)51(37-10-4-1-5-11-37,38-12-6-2-7-13-38,39-14-8-3-9-15-39)40-27-20-33(46)21-28-40/h1-30H. The number of benzene rings is 7. The summed E-state index contributed by atoms with van der Waals surface area (Å²) in [5.41, 5.74) is 0. The third kappa shape index (κ3) is 6.13. The second-order valence-corrected chi connectivity index (χ2v) is 16.5. The van der Waals surface area contributed by atoms with E-state index in [1.807, 2.05) is 91.0 Å². The molecule has 0 aliphatic heterocycles. The first-order valence-electron chi connectivity index (χ1n) is 16.1. The molecule has 0 saturated heterocycles. The molecule has 51 heavy (non-hydrogen) atoms. The average Bonchev–Trinajstić information content (AvgIpc) is 3.17. The quantitative estimate of drug-likeness (QED) is 0.0774. The zero-order chi connectivity index (χ0) is 35.3. The Hall–Kier alpha value is -5.85. The van der Waals surface area contributed by atoms with Gasteiger partial charge in [0.05, 0.1) is 0 Å². The molecule has 0 saturated carbocycles. The van der Waals surface area contributed by atoms with Crippen LogP contribution in [0.4, 0.5) is 17.6 Å². The third-order valence-corrected chi connectivity index (χ3v) is 15.5. The maximum atomic E-state index is 16.1. The van der Waals surface area contributed by atoms with Gasteiger partial charge in [0.25, 0.3) is 0 Å². The van der Waals surface area contributed by atoms with E-state index in [2.05, 4.69) is 0 Å². The van der Waals surface area contributed by atoms with E-state index in [1.54, 1.807) is 12.1 Å². The Balaban J connectivity index is 1.57. The fourth-order valence-corrected chi connectivity index (χ4v) is 13.6. The Bertz CT molecular complexity index is 2080. The molecule has 7 rings (SSSR count). The normalized spacial score (nSPS) is 12.0. The van der Waals surface area contributed by atoms with Crippen molar-refractivity contribution < 1.29 is 31.5 Å². The monoisotopic (exact) mass is 700 g/mol. The molecule has 0 aromatic heterocycles. The van der Waals surface area contributed by atoms with E-state index in [0.717, 1.165) is 21.2 Å². The Labute approximate surface area is 293 Å². The molecule has 0 aliphatic rings. The summed E-state index contributed by atoms with van der Waals surface area (Å²) < 4.78 is 77.6. The van der Waals surface area contributed by atoms with Gasteiger partial charge in [0, 0.05) is 0 Å². The van der Waals surface area contributed by atoms with Gasteiger partial charge < -0.3 is 0 Å².